The highest BCUT2D eigenvalue weighted by Gasteiger charge is 2.41. The number of aryl methyl sites for hydroxylation is 1. The molecule has 0 radical (unpaired) electrons. The van der Waals surface area contributed by atoms with Gasteiger partial charge in [-0.05, 0) is 25.9 Å². The van der Waals surface area contributed by atoms with Gasteiger partial charge in [-0.15, -0.1) is 0 Å². The maximum atomic E-state index is 5.98. The molecule has 0 aliphatic carbocycles. The SMILES string of the molecule is CCc1nc(COC2COC3(CCNCC3)C2)no1. The Hall–Kier alpha value is -0.980. The lowest BCUT2D eigenvalue weighted by molar-refractivity contribution is -0.0243. The van der Waals surface area contributed by atoms with Crippen LogP contribution in [0.15, 0.2) is 4.52 Å². The normalized spacial score (nSPS) is 26.1. The molecule has 0 aromatic carbocycles. The second-order valence-corrected chi connectivity index (χ2v) is 5.34. The van der Waals surface area contributed by atoms with E-state index in [4.69, 9.17) is 14.0 Å². The third kappa shape index (κ3) is 2.96. The van der Waals surface area contributed by atoms with E-state index in [1.54, 1.807) is 0 Å². The molecule has 1 spiro atoms. The fourth-order valence-electron chi connectivity index (χ4n) is 2.83. The van der Waals surface area contributed by atoms with Crippen LogP contribution >= 0.6 is 0 Å². The molecule has 19 heavy (non-hydrogen) atoms. The summed E-state index contributed by atoms with van der Waals surface area (Å²) in [5.74, 6) is 1.29. The van der Waals surface area contributed by atoms with Gasteiger partial charge in [0.1, 0.15) is 6.61 Å². The number of nitrogens with one attached hydrogen (secondary N) is 1. The van der Waals surface area contributed by atoms with E-state index in [0.717, 1.165) is 38.8 Å². The highest BCUT2D eigenvalue weighted by atomic mass is 16.6. The summed E-state index contributed by atoms with van der Waals surface area (Å²) >= 11 is 0. The van der Waals surface area contributed by atoms with Gasteiger partial charge in [0.2, 0.25) is 5.89 Å². The predicted octanol–water partition coefficient (Wildman–Crippen LogP) is 1.06. The fourth-order valence-corrected chi connectivity index (χ4v) is 2.83. The molecule has 1 aromatic heterocycles. The Morgan fingerprint density at radius 3 is 3.00 bits per heavy atom. The van der Waals surface area contributed by atoms with Crippen LogP contribution in [-0.4, -0.2) is 41.5 Å². The zero-order valence-corrected chi connectivity index (χ0v) is 11.4. The molecule has 6 nitrogen and oxygen atoms in total. The molecule has 1 unspecified atom stereocenters. The van der Waals surface area contributed by atoms with E-state index in [1.165, 1.54) is 0 Å². The Morgan fingerprint density at radius 2 is 2.26 bits per heavy atom. The summed E-state index contributed by atoms with van der Waals surface area (Å²) in [5.41, 5.74) is 0.0434. The van der Waals surface area contributed by atoms with Crippen LogP contribution in [-0.2, 0) is 22.5 Å². The average molecular weight is 267 g/mol. The Bertz CT molecular complexity index is 415. The largest absolute Gasteiger partial charge is 0.372 e. The average Bonchev–Trinajstić information content (AvgIpc) is 3.05. The number of nitrogens with zero attached hydrogens (tertiary/aromatic N) is 2. The van der Waals surface area contributed by atoms with Crippen LogP contribution < -0.4 is 5.32 Å². The number of piperidine rings is 1. The first kappa shape index (κ1) is 13.0. The molecular weight excluding hydrogens is 246 g/mol. The second kappa shape index (κ2) is 5.56. The van der Waals surface area contributed by atoms with Gasteiger partial charge in [-0.3, -0.25) is 0 Å². The number of ether oxygens (including phenoxy) is 2. The minimum Gasteiger partial charge on any atom is -0.372 e. The van der Waals surface area contributed by atoms with Gasteiger partial charge in [-0.2, -0.15) is 4.98 Å². The van der Waals surface area contributed by atoms with Gasteiger partial charge in [0.05, 0.1) is 18.3 Å². The van der Waals surface area contributed by atoms with Crippen LogP contribution in [0.4, 0.5) is 0 Å². The number of rotatable bonds is 4. The lowest BCUT2D eigenvalue weighted by Crippen LogP contribution is -2.41. The molecule has 2 saturated heterocycles. The van der Waals surface area contributed by atoms with E-state index in [0.29, 0.717) is 24.9 Å². The van der Waals surface area contributed by atoms with Crippen molar-refractivity contribution in [3.8, 4) is 0 Å². The van der Waals surface area contributed by atoms with Crippen LogP contribution in [0.5, 0.6) is 0 Å². The standard InChI is InChI=1S/C13H21N3O3/c1-2-12-15-11(16-19-12)9-17-10-7-13(18-8-10)3-5-14-6-4-13/h10,14H,2-9H2,1H3. The first-order valence-corrected chi connectivity index (χ1v) is 7.07. The van der Waals surface area contributed by atoms with Crippen LogP contribution in [0.2, 0.25) is 0 Å². The maximum absolute atomic E-state index is 5.98. The minimum absolute atomic E-state index is 0.0434. The smallest absolute Gasteiger partial charge is 0.226 e. The van der Waals surface area contributed by atoms with Crippen molar-refractivity contribution in [2.24, 2.45) is 0 Å². The van der Waals surface area contributed by atoms with E-state index in [1.807, 2.05) is 6.92 Å². The van der Waals surface area contributed by atoms with Gasteiger partial charge in [0.25, 0.3) is 0 Å². The summed E-state index contributed by atoms with van der Waals surface area (Å²) in [6.07, 6.45) is 4.05. The van der Waals surface area contributed by atoms with Crippen LogP contribution in [0, 0.1) is 0 Å². The lowest BCUT2D eigenvalue weighted by Gasteiger charge is -2.32. The molecule has 3 heterocycles. The highest BCUT2D eigenvalue weighted by Crippen LogP contribution is 2.35. The van der Waals surface area contributed by atoms with Gasteiger partial charge in [-0.1, -0.05) is 12.1 Å². The van der Waals surface area contributed by atoms with Crippen molar-refractivity contribution in [1.29, 1.82) is 0 Å². The molecule has 6 heteroatoms. The summed E-state index contributed by atoms with van der Waals surface area (Å²) in [4.78, 5) is 4.24. The van der Waals surface area contributed by atoms with Crippen LogP contribution in [0.3, 0.4) is 0 Å². The summed E-state index contributed by atoms with van der Waals surface area (Å²) in [5, 5.41) is 7.25. The lowest BCUT2D eigenvalue weighted by atomic mass is 9.89. The molecule has 0 bridgehead atoms. The number of hydrogen-bond acceptors (Lipinski definition) is 6. The van der Waals surface area contributed by atoms with Crippen LogP contribution in [0.1, 0.15) is 37.9 Å². The molecule has 0 amide bonds. The van der Waals surface area contributed by atoms with Crippen molar-refractivity contribution in [3.05, 3.63) is 11.7 Å². The zero-order chi connectivity index (χ0) is 13.1. The molecule has 2 fully saturated rings. The number of aromatic nitrogens is 2. The summed E-state index contributed by atoms with van der Waals surface area (Å²) in [7, 11) is 0. The molecule has 2 aliphatic rings. The van der Waals surface area contributed by atoms with Crippen LogP contribution in [0.25, 0.3) is 0 Å². The summed E-state index contributed by atoms with van der Waals surface area (Å²) < 4.78 is 16.9. The Labute approximate surface area is 112 Å². The van der Waals surface area contributed by atoms with Crippen molar-refractivity contribution < 1.29 is 14.0 Å². The quantitative estimate of drug-likeness (QED) is 0.879. The Balaban J connectivity index is 1.49. The number of hydrogen-bond donors (Lipinski definition) is 1. The van der Waals surface area contributed by atoms with E-state index < -0.39 is 0 Å². The summed E-state index contributed by atoms with van der Waals surface area (Å²) in [6, 6.07) is 0. The van der Waals surface area contributed by atoms with E-state index >= 15 is 0 Å². The molecule has 1 aromatic rings. The second-order valence-electron chi connectivity index (χ2n) is 5.34. The van der Waals surface area contributed by atoms with E-state index in [9.17, 15) is 0 Å². The fraction of sp³-hybridized carbons (Fsp3) is 0.846. The first-order valence-electron chi connectivity index (χ1n) is 7.07. The van der Waals surface area contributed by atoms with Gasteiger partial charge in [0.15, 0.2) is 5.82 Å². The van der Waals surface area contributed by atoms with Crippen molar-refractivity contribution in [1.82, 2.24) is 15.5 Å². The monoisotopic (exact) mass is 267 g/mol. The molecule has 2 aliphatic heterocycles. The molecule has 1 atom stereocenters. The van der Waals surface area contributed by atoms with Gasteiger partial charge < -0.3 is 19.3 Å². The topological polar surface area (TPSA) is 69.4 Å². The molecule has 3 rings (SSSR count). The van der Waals surface area contributed by atoms with Crippen molar-refractivity contribution in [3.63, 3.8) is 0 Å². The Kier molecular flexibility index (Phi) is 3.81. The maximum Gasteiger partial charge on any atom is 0.226 e. The van der Waals surface area contributed by atoms with E-state index in [2.05, 4.69) is 15.5 Å². The highest BCUT2D eigenvalue weighted by molar-refractivity contribution is 4.93. The molecule has 0 saturated carbocycles. The first-order chi connectivity index (χ1) is 9.30. The minimum atomic E-state index is 0.0434. The third-order valence-corrected chi connectivity index (χ3v) is 3.95. The van der Waals surface area contributed by atoms with Gasteiger partial charge >= 0.3 is 0 Å². The zero-order valence-electron chi connectivity index (χ0n) is 11.4. The van der Waals surface area contributed by atoms with Crippen molar-refractivity contribution in [2.75, 3.05) is 19.7 Å². The van der Waals surface area contributed by atoms with Gasteiger partial charge in [0, 0.05) is 12.8 Å². The van der Waals surface area contributed by atoms with Gasteiger partial charge in [-0.25, -0.2) is 0 Å². The summed E-state index contributed by atoms with van der Waals surface area (Å²) in [6.45, 7) is 5.16. The molecule has 1 N–H and O–H groups in total. The van der Waals surface area contributed by atoms with Crippen molar-refractivity contribution in [2.45, 2.75) is 50.9 Å². The molecular formula is C13H21N3O3. The predicted molar refractivity (Wildman–Crippen MR) is 67.7 cm³/mol. The Morgan fingerprint density at radius 1 is 1.42 bits per heavy atom. The van der Waals surface area contributed by atoms with Crippen molar-refractivity contribution >= 4 is 0 Å². The third-order valence-electron chi connectivity index (χ3n) is 3.95. The van der Waals surface area contributed by atoms with E-state index in [-0.39, 0.29) is 11.7 Å². The molecule has 106 valence electrons.